The van der Waals surface area contributed by atoms with Crippen LogP contribution in [0.4, 0.5) is 0 Å². The first-order chi connectivity index (χ1) is 8.81. The van der Waals surface area contributed by atoms with Crippen LogP contribution in [0.1, 0.15) is 38.3 Å². The molecule has 3 heteroatoms. The fourth-order valence-corrected chi connectivity index (χ4v) is 2.81. The molecule has 2 unspecified atom stereocenters. The molecule has 1 aliphatic heterocycles. The molecule has 0 amide bonds. The van der Waals surface area contributed by atoms with Gasteiger partial charge >= 0.3 is 0 Å². The maximum absolute atomic E-state index is 4.23. The van der Waals surface area contributed by atoms with Crippen molar-refractivity contribution in [3.8, 4) is 0 Å². The van der Waals surface area contributed by atoms with Gasteiger partial charge in [0, 0.05) is 25.0 Å². The molecule has 0 bridgehead atoms. The minimum atomic E-state index is 0.464. The summed E-state index contributed by atoms with van der Waals surface area (Å²) in [5.41, 5.74) is 1.32. The third kappa shape index (κ3) is 3.53. The fourth-order valence-electron chi connectivity index (χ4n) is 2.81. The Labute approximate surface area is 111 Å². The minimum Gasteiger partial charge on any atom is -0.316 e. The van der Waals surface area contributed by atoms with Gasteiger partial charge in [-0.05, 0) is 56.9 Å². The Hall–Kier alpha value is -0.930. The first-order valence-electron chi connectivity index (χ1n) is 7.16. The number of hydrogen-bond donors (Lipinski definition) is 1. The summed E-state index contributed by atoms with van der Waals surface area (Å²) < 4.78 is 0. The van der Waals surface area contributed by atoms with Crippen molar-refractivity contribution in [2.45, 2.75) is 32.7 Å². The Morgan fingerprint density at radius 2 is 2.44 bits per heavy atom. The maximum Gasteiger partial charge on any atom is 0.0335 e. The van der Waals surface area contributed by atoms with Gasteiger partial charge in [-0.3, -0.25) is 9.88 Å². The zero-order chi connectivity index (χ0) is 12.8. The number of hydrogen-bond acceptors (Lipinski definition) is 3. The summed E-state index contributed by atoms with van der Waals surface area (Å²) in [5.74, 6) is 0.804. The molecular weight excluding hydrogens is 222 g/mol. The molecule has 1 saturated heterocycles. The van der Waals surface area contributed by atoms with Crippen LogP contribution in [0, 0.1) is 5.92 Å². The van der Waals surface area contributed by atoms with Crippen molar-refractivity contribution in [1.29, 1.82) is 0 Å². The quantitative estimate of drug-likeness (QED) is 0.866. The van der Waals surface area contributed by atoms with Crippen molar-refractivity contribution in [1.82, 2.24) is 15.2 Å². The van der Waals surface area contributed by atoms with E-state index in [0.717, 1.165) is 12.5 Å². The van der Waals surface area contributed by atoms with Crippen molar-refractivity contribution in [2.24, 2.45) is 5.92 Å². The van der Waals surface area contributed by atoms with Crippen LogP contribution in [0.3, 0.4) is 0 Å². The Morgan fingerprint density at radius 3 is 3.06 bits per heavy atom. The largest absolute Gasteiger partial charge is 0.316 e. The molecule has 2 atom stereocenters. The van der Waals surface area contributed by atoms with Gasteiger partial charge in [0.15, 0.2) is 0 Å². The lowest BCUT2D eigenvalue weighted by Gasteiger charge is -2.33. The van der Waals surface area contributed by atoms with E-state index in [4.69, 9.17) is 0 Å². The standard InChI is InChI=1S/C15H25N3/c1-3-18(12-14-6-4-8-16-10-14)13(2)15-7-5-9-17-11-15/h5,7,9,11,13-14,16H,3-4,6,8,10,12H2,1-2H3. The molecule has 0 saturated carbocycles. The molecule has 0 aliphatic carbocycles. The first kappa shape index (κ1) is 13.5. The monoisotopic (exact) mass is 247 g/mol. The van der Waals surface area contributed by atoms with E-state index in [1.54, 1.807) is 0 Å². The van der Waals surface area contributed by atoms with E-state index in [2.05, 4.69) is 35.1 Å². The van der Waals surface area contributed by atoms with Crippen molar-refractivity contribution < 1.29 is 0 Å². The molecule has 0 spiro atoms. The van der Waals surface area contributed by atoms with Crippen LogP contribution in [0.15, 0.2) is 24.5 Å². The third-order valence-electron chi connectivity index (χ3n) is 4.01. The smallest absolute Gasteiger partial charge is 0.0335 e. The zero-order valence-corrected chi connectivity index (χ0v) is 11.6. The first-order valence-corrected chi connectivity index (χ1v) is 7.16. The third-order valence-corrected chi connectivity index (χ3v) is 4.01. The highest BCUT2D eigenvalue weighted by molar-refractivity contribution is 5.13. The molecule has 18 heavy (non-hydrogen) atoms. The van der Waals surface area contributed by atoms with Gasteiger partial charge in [-0.15, -0.1) is 0 Å². The Morgan fingerprint density at radius 1 is 1.56 bits per heavy atom. The normalized spacial score (nSPS) is 22.1. The van der Waals surface area contributed by atoms with Gasteiger partial charge < -0.3 is 5.32 Å². The SMILES string of the molecule is CCN(CC1CCCNC1)C(C)c1cccnc1. The van der Waals surface area contributed by atoms with Gasteiger partial charge in [0.2, 0.25) is 0 Å². The maximum atomic E-state index is 4.23. The summed E-state index contributed by atoms with van der Waals surface area (Å²) in [6, 6.07) is 4.67. The van der Waals surface area contributed by atoms with Crippen molar-refractivity contribution >= 4 is 0 Å². The van der Waals surface area contributed by atoms with E-state index in [-0.39, 0.29) is 0 Å². The molecule has 1 aromatic heterocycles. The highest BCUT2D eigenvalue weighted by atomic mass is 15.2. The predicted molar refractivity (Wildman–Crippen MR) is 75.5 cm³/mol. The summed E-state index contributed by atoms with van der Waals surface area (Å²) in [7, 11) is 0. The Bertz CT molecular complexity index is 333. The number of piperidine rings is 1. The second kappa shape index (κ2) is 6.86. The zero-order valence-electron chi connectivity index (χ0n) is 11.6. The molecule has 1 aromatic rings. The topological polar surface area (TPSA) is 28.2 Å². The molecule has 0 aromatic carbocycles. The van der Waals surface area contributed by atoms with Crippen LogP contribution >= 0.6 is 0 Å². The molecule has 100 valence electrons. The van der Waals surface area contributed by atoms with Crippen LogP contribution in [-0.4, -0.2) is 36.1 Å². The molecule has 1 aliphatic rings. The number of rotatable bonds is 5. The van der Waals surface area contributed by atoms with E-state index >= 15 is 0 Å². The van der Waals surface area contributed by atoms with Gasteiger partial charge in [-0.1, -0.05) is 13.0 Å². The number of nitrogens with one attached hydrogen (secondary N) is 1. The summed E-state index contributed by atoms with van der Waals surface area (Å²) >= 11 is 0. The van der Waals surface area contributed by atoms with E-state index in [1.807, 2.05) is 18.5 Å². The summed E-state index contributed by atoms with van der Waals surface area (Å²) in [4.78, 5) is 6.79. The van der Waals surface area contributed by atoms with Crippen LogP contribution in [-0.2, 0) is 0 Å². The van der Waals surface area contributed by atoms with Gasteiger partial charge in [0.1, 0.15) is 0 Å². The number of nitrogens with zero attached hydrogens (tertiary/aromatic N) is 2. The Balaban J connectivity index is 1.95. The average Bonchev–Trinajstić information content (AvgIpc) is 2.46. The summed E-state index contributed by atoms with van der Waals surface area (Å²) in [6.45, 7) is 9.21. The molecular formula is C15H25N3. The fraction of sp³-hybridized carbons (Fsp3) is 0.667. The van der Waals surface area contributed by atoms with Crippen molar-refractivity contribution in [3.05, 3.63) is 30.1 Å². The molecule has 2 rings (SSSR count). The van der Waals surface area contributed by atoms with Gasteiger partial charge in [-0.25, -0.2) is 0 Å². The van der Waals surface area contributed by atoms with E-state index in [0.29, 0.717) is 6.04 Å². The number of aromatic nitrogens is 1. The van der Waals surface area contributed by atoms with Crippen LogP contribution in [0.25, 0.3) is 0 Å². The molecule has 1 N–H and O–H groups in total. The lowest BCUT2D eigenvalue weighted by molar-refractivity contribution is 0.171. The molecule has 3 nitrogen and oxygen atoms in total. The van der Waals surface area contributed by atoms with Crippen LogP contribution < -0.4 is 5.32 Å². The van der Waals surface area contributed by atoms with Gasteiger partial charge in [0.05, 0.1) is 0 Å². The van der Waals surface area contributed by atoms with Gasteiger partial charge in [-0.2, -0.15) is 0 Å². The predicted octanol–water partition coefficient (Wildman–Crippen LogP) is 2.46. The molecule has 1 fully saturated rings. The highest BCUT2D eigenvalue weighted by Gasteiger charge is 2.20. The minimum absolute atomic E-state index is 0.464. The highest BCUT2D eigenvalue weighted by Crippen LogP contribution is 2.22. The number of pyridine rings is 1. The van der Waals surface area contributed by atoms with Crippen LogP contribution in [0.2, 0.25) is 0 Å². The van der Waals surface area contributed by atoms with Gasteiger partial charge in [0.25, 0.3) is 0 Å². The Kier molecular flexibility index (Phi) is 5.14. The molecule has 2 heterocycles. The molecule has 0 radical (unpaired) electrons. The van der Waals surface area contributed by atoms with E-state index in [9.17, 15) is 0 Å². The lowest BCUT2D eigenvalue weighted by Crippen LogP contribution is -2.39. The second-order valence-corrected chi connectivity index (χ2v) is 5.26. The van der Waals surface area contributed by atoms with E-state index in [1.165, 1.54) is 38.0 Å². The average molecular weight is 247 g/mol. The van der Waals surface area contributed by atoms with Crippen molar-refractivity contribution in [2.75, 3.05) is 26.2 Å². The summed E-state index contributed by atoms with van der Waals surface area (Å²) in [6.07, 6.45) is 6.52. The van der Waals surface area contributed by atoms with Crippen LogP contribution in [0.5, 0.6) is 0 Å². The van der Waals surface area contributed by atoms with Crippen molar-refractivity contribution in [3.63, 3.8) is 0 Å². The second-order valence-electron chi connectivity index (χ2n) is 5.26. The van der Waals surface area contributed by atoms with E-state index < -0.39 is 0 Å². The lowest BCUT2D eigenvalue weighted by atomic mass is 9.97. The summed E-state index contributed by atoms with van der Waals surface area (Å²) in [5, 5.41) is 3.50.